The first kappa shape index (κ1) is 16.8. The highest BCUT2D eigenvalue weighted by Crippen LogP contribution is 2.19. The average Bonchev–Trinajstić information content (AvgIpc) is 2.62. The number of nitrogens with zero attached hydrogens (tertiary/aromatic N) is 4. The summed E-state index contributed by atoms with van der Waals surface area (Å²) in [4.78, 5) is 36.0. The molecule has 0 radical (unpaired) electrons. The smallest absolute Gasteiger partial charge is 0.269 e. The van der Waals surface area contributed by atoms with Gasteiger partial charge in [-0.05, 0) is 29.7 Å². The number of hydrazine groups is 1. The summed E-state index contributed by atoms with van der Waals surface area (Å²) in [5, 5.41) is 26.0. The molecule has 130 valence electrons. The van der Waals surface area contributed by atoms with E-state index in [4.69, 9.17) is 0 Å². The number of hydrazone groups is 1. The van der Waals surface area contributed by atoms with E-state index in [1.54, 1.807) is 30.3 Å². The highest BCUT2D eigenvalue weighted by molar-refractivity contribution is 5.87. The van der Waals surface area contributed by atoms with Crippen molar-refractivity contribution in [3.8, 4) is 0 Å². The normalized spacial score (nSPS) is 10.9. The molecule has 0 aliphatic heterocycles. The van der Waals surface area contributed by atoms with Gasteiger partial charge >= 0.3 is 0 Å². The van der Waals surface area contributed by atoms with Gasteiger partial charge in [-0.3, -0.25) is 14.9 Å². The second-order valence-electron chi connectivity index (χ2n) is 5.19. The number of anilines is 1. The van der Waals surface area contributed by atoms with Crippen LogP contribution in [0, 0.1) is 20.2 Å². The van der Waals surface area contributed by atoms with Crippen molar-refractivity contribution in [2.75, 3.05) is 5.12 Å². The number of benzene rings is 2. The number of hydrogen-bond donors (Lipinski definition) is 1. The lowest BCUT2D eigenvalue weighted by molar-refractivity contribution is -0.495. The van der Waals surface area contributed by atoms with Gasteiger partial charge in [-0.2, -0.15) is 0 Å². The first-order valence-corrected chi connectivity index (χ1v) is 7.30. The van der Waals surface area contributed by atoms with Gasteiger partial charge < -0.3 is 15.1 Å². The summed E-state index contributed by atoms with van der Waals surface area (Å²) in [7, 11) is 0. The molecule has 0 unspecified atom stereocenters. The van der Waals surface area contributed by atoms with Gasteiger partial charge in [-0.1, -0.05) is 18.2 Å². The summed E-state index contributed by atoms with van der Waals surface area (Å²) in [6.07, 6.45) is 1.06. The lowest BCUT2D eigenvalue weighted by Crippen LogP contribution is -2.24. The van der Waals surface area contributed by atoms with Gasteiger partial charge in [0.15, 0.2) is 6.21 Å². The maximum Gasteiger partial charge on any atom is 0.269 e. The maximum absolute atomic E-state index is 12.1. The zero-order valence-electron chi connectivity index (χ0n) is 13.1. The molecule has 10 nitrogen and oxygen atoms in total. The second-order valence-corrected chi connectivity index (χ2v) is 5.19. The predicted molar refractivity (Wildman–Crippen MR) is 94.7 cm³/mol. The SMILES string of the molecule is O=c1[nH]c2ccccc2cc1C=NN(c1ccc([N+](=O)[O-])cc1)[N+](=O)[O-]. The lowest BCUT2D eigenvalue weighted by atomic mass is 10.2. The fourth-order valence-corrected chi connectivity index (χ4v) is 2.29. The molecule has 26 heavy (non-hydrogen) atoms. The summed E-state index contributed by atoms with van der Waals surface area (Å²) in [5.74, 6) is 0. The summed E-state index contributed by atoms with van der Waals surface area (Å²) < 4.78 is 0. The summed E-state index contributed by atoms with van der Waals surface area (Å²) in [5.41, 5.74) is 0.133. The molecule has 0 saturated carbocycles. The van der Waals surface area contributed by atoms with E-state index in [1.165, 1.54) is 12.1 Å². The van der Waals surface area contributed by atoms with Crippen LogP contribution >= 0.6 is 0 Å². The Balaban J connectivity index is 1.95. The Hall–Kier alpha value is -4.08. The Morgan fingerprint density at radius 1 is 1.04 bits per heavy atom. The number of H-pyrrole nitrogens is 1. The predicted octanol–water partition coefficient (Wildman–Crippen LogP) is 2.47. The standard InChI is InChI=1S/C16H11N5O5/c22-16-12(9-11-3-1-2-4-15(11)18-16)10-17-19(21(25)26)13-5-7-14(8-6-13)20(23)24/h1-10H,(H,18,22). The third-order valence-electron chi connectivity index (χ3n) is 3.53. The molecule has 0 spiro atoms. The molecule has 0 fully saturated rings. The number of non-ortho nitro benzene ring substituents is 1. The molecular weight excluding hydrogens is 342 g/mol. The molecule has 0 amide bonds. The van der Waals surface area contributed by atoms with Gasteiger partial charge in [0.1, 0.15) is 5.69 Å². The van der Waals surface area contributed by atoms with Crippen molar-refractivity contribution < 1.29 is 9.96 Å². The molecule has 1 heterocycles. The van der Waals surface area contributed by atoms with Gasteiger partial charge in [0.25, 0.3) is 11.2 Å². The lowest BCUT2D eigenvalue weighted by Gasteiger charge is -2.07. The van der Waals surface area contributed by atoms with Crippen LogP contribution in [0.1, 0.15) is 5.56 Å². The van der Waals surface area contributed by atoms with Crippen LogP contribution in [0.4, 0.5) is 11.4 Å². The second kappa shape index (κ2) is 6.81. The first-order valence-electron chi connectivity index (χ1n) is 7.30. The molecule has 0 atom stereocenters. The number of aromatic amines is 1. The van der Waals surface area contributed by atoms with E-state index in [9.17, 15) is 25.0 Å². The Bertz CT molecular complexity index is 1070. The maximum atomic E-state index is 12.1. The van der Waals surface area contributed by atoms with Crippen molar-refractivity contribution in [1.82, 2.24) is 4.98 Å². The quantitative estimate of drug-likeness (QED) is 0.425. The molecule has 2 aromatic carbocycles. The van der Waals surface area contributed by atoms with E-state index in [0.717, 1.165) is 23.7 Å². The van der Waals surface area contributed by atoms with E-state index in [1.807, 2.05) is 0 Å². The van der Waals surface area contributed by atoms with Gasteiger partial charge in [0, 0.05) is 27.9 Å². The van der Waals surface area contributed by atoms with Crippen LogP contribution < -0.4 is 10.7 Å². The monoisotopic (exact) mass is 353 g/mol. The highest BCUT2D eigenvalue weighted by Gasteiger charge is 2.17. The molecule has 0 aliphatic rings. The number of hydrogen-bond acceptors (Lipinski definition) is 6. The molecule has 1 N–H and O–H groups in total. The van der Waals surface area contributed by atoms with Crippen LogP contribution in [0.5, 0.6) is 0 Å². The number of nitrogens with one attached hydrogen (secondary N) is 1. The fourth-order valence-electron chi connectivity index (χ4n) is 2.29. The van der Waals surface area contributed by atoms with E-state index >= 15 is 0 Å². The number of nitro benzene ring substituents is 1. The van der Waals surface area contributed by atoms with Crippen molar-refractivity contribution in [3.05, 3.63) is 90.7 Å². The molecule has 1 aromatic heterocycles. The Kier molecular flexibility index (Phi) is 4.39. The van der Waals surface area contributed by atoms with Gasteiger partial charge in [-0.25, -0.2) is 0 Å². The molecular formula is C16H11N5O5. The largest absolute Gasteiger partial charge is 0.339 e. The van der Waals surface area contributed by atoms with Crippen LogP contribution in [0.25, 0.3) is 10.9 Å². The van der Waals surface area contributed by atoms with Crippen molar-refractivity contribution in [3.63, 3.8) is 0 Å². The Morgan fingerprint density at radius 3 is 2.38 bits per heavy atom. The van der Waals surface area contributed by atoms with E-state index in [0.29, 0.717) is 10.6 Å². The summed E-state index contributed by atoms with van der Waals surface area (Å²) in [6.45, 7) is 0. The van der Waals surface area contributed by atoms with E-state index < -0.39 is 15.5 Å². The minimum absolute atomic E-state index is 0.00840. The Labute approximate surface area is 145 Å². The van der Waals surface area contributed by atoms with Crippen molar-refractivity contribution in [2.45, 2.75) is 0 Å². The van der Waals surface area contributed by atoms with E-state index in [2.05, 4.69) is 10.1 Å². The van der Waals surface area contributed by atoms with Crippen molar-refractivity contribution in [1.29, 1.82) is 0 Å². The molecule has 3 aromatic rings. The van der Waals surface area contributed by atoms with Crippen LogP contribution in [0.15, 0.2) is 64.5 Å². The minimum Gasteiger partial charge on any atom is -0.339 e. The number of nitro groups is 2. The summed E-state index contributed by atoms with van der Waals surface area (Å²) in [6, 6.07) is 13.3. The van der Waals surface area contributed by atoms with Gasteiger partial charge in [-0.15, -0.1) is 0 Å². The third kappa shape index (κ3) is 3.38. The number of para-hydroxylation sites is 1. The van der Waals surface area contributed by atoms with Crippen LogP contribution in [0.3, 0.4) is 0 Å². The number of fused-ring (bicyclic) bond motifs is 1. The number of pyridine rings is 1. The molecule has 0 bridgehead atoms. The molecule has 10 heteroatoms. The van der Waals surface area contributed by atoms with Gasteiger partial charge in [0.2, 0.25) is 0 Å². The highest BCUT2D eigenvalue weighted by atomic mass is 16.7. The van der Waals surface area contributed by atoms with E-state index in [-0.39, 0.29) is 16.9 Å². The zero-order valence-corrected chi connectivity index (χ0v) is 13.1. The summed E-state index contributed by atoms with van der Waals surface area (Å²) >= 11 is 0. The Morgan fingerprint density at radius 2 is 1.73 bits per heavy atom. The van der Waals surface area contributed by atoms with Crippen LogP contribution in [-0.4, -0.2) is 21.2 Å². The number of rotatable bonds is 5. The zero-order chi connectivity index (χ0) is 18.7. The van der Waals surface area contributed by atoms with Crippen LogP contribution in [0.2, 0.25) is 0 Å². The number of aromatic nitrogens is 1. The minimum atomic E-state index is -0.799. The molecule has 0 saturated heterocycles. The average molecular weight is 353 g/mol. The molecule has 0 aliphatic carbocycles. The third-order valence-corrected chi connectivity index (χ3v) is 3.53. The van der Waals surface area contributed by atoms with Crippen molar-refractivity contribution >= 4 is 28.5 Å². The molecule has 3 rings (SSSR count). The first-order chi connectivity index (χ1) is 12.5. The topological polar surface area (TPSA) is 135 Å². The fraction of sp³-hybridized carbons (Fsp3) is 0. The van der Waals surface area contributed by atoms with Crippen molar-refractivity contribution in [2.24, 2.45) is 5.10 Å². The van der Waals surface area contributed by atoms with Gasteiger partial charge in [0.05, 0.1) is 15.5 Å². The van der Waals surface area contributed by atoms with Crippen LogP contribution in [-0.2, 0) is 0 Å².